The smallest absolute Gasteiger partial charge is 0.465 e. The Morgan fingerprint density at radius 1 is 0.959 bits per heavy atom. The molecule has 0 bridgehead atoms. The maximum absolute atomic E-state index is 14.2. The van der Waals surface area contributed by atoms with Gasteiger partial charge in [0, 0.05) is 19.7 Å². The molecule has 0 spiro atoms. The van der Waals surface area contributed by atoms with Gasteiger partial charge in [-0.05, 0) is 60.7 Å². The third kappa shape index (κ3) is 8.27. The standard InChI is InChI=1S/C33H38N3O11PS/c1-22(2)19-34(49(44,45)26-14-12-24(13-15-26)36-31(37)27-10-6-7-11-28(27)32(36)38)20-30(47-48(41,42)43)29(18-23-8-4-3-5-9-23)35(33(39)40)25-16-17-46-21-25/h3-15,22,25,29-30H,16-21H2,1-2H3,(H,39,40)(H2,41,42,43)/t25?,29-,30+/m0/s1. The zero-order chi connectivity index (χ0) is 35.5. The Labute approximate surface area is 284 Å². The molecule has 0 aromatic heterocycles. The van der Waals surface area contributed by atoms with Crippen molar-refractivity contribution >= 4 is 41.4 Å². The molecule has 262 valence electrons. The average molecular weight is 716 g/mol. The highest BCUT2D eigenvalue weighted by atomic mass is 32.2. The lowest BCUT2D eigenvalue weighted by molar-refractivity contribution is 0.0144. The lowest BCUT2D eigenvalue weighted by atomic mass is 9.97. The molecule has 49 heavy (non-hydrogen) atoms. The van der Waals surface area contributed by atoms with Gasteiger partial charge in [-0.1, -0.05) is 56.3 Å². The van der Waals surface area contributed by atoms with Crippen molar-refractivity contribution in [3.8, 4) is 0 Å². The molecule has 3 N–H and O–H groups in total. The third-order valence-corrected chi connectivity index (χ3v) is 10.7. The van der Waals surface area contributed by atoms with E-state index in [9.17, 15) is 42.3 Å². The number of ether oxygens (including phenoxy) is 1. The number of benzene rings is 3. The lowest BCUT2D eigenvalue weighted by Gasteiger charge is -2.40. The molecule has 1 unspecified atom stereocenters. The van der Waals surface area contributed by atoms with Crippen LogP contribution in [0.3, 0.4) is 0 Å². The number of phosphoric ester groups is 1. The second kappa shape index (κ2) is 14.9. The van der Waals surface area contributed by atoms with Crippen LogP contribution in [0.15, 0.2) is 83.8 Å². The average Bonchev–Trinajstić information content (AvgIpc) is 3.66. The molecule has 0 aliphatic carbocycles. The van der Waals surface area contributed by atoms with Crippen LogP contribution in [0.5, 0.6) is 0 Å². The van der Waals surface area contributed by atoms with Crippen molar-refractivity contribution in [2.45, 2.75) is 49.8 Å². The highest BCUT2D eigenvalue weighted by Crippen LogP contribution is 2.40. The Morgan fingerprint density at radius 2 is 1.55 bits per heavy atom. The Bertz CT molecular complexity index is 1790. The quantitative estimate of drug-likeness (QED) is 0.162. The number of carbonyl (C=O) groups is 3. The highest BCUT2D eigenvalue weighted by Gasteiger charge is 2.43. The van der Waals surface area contributed by atoms with Crippen LogP contribution in [0.2, 0.25) is 0 Å². The first kappa shape index (κ1) is 36.3. The summed E-state index contributed by atoms with van der Waals surface area (Å²) < 4.78 is 52.6. The molecular formula is C33H38N3O11PS. The second-order valence-corrected chi connectivity index (χ2v) is 15.4. The van der Waals surface area contributed by atoms with Crippen LogP contribution in [-0.2, 0) is 30.3 Å². The van der Waals surface area contributed by atoms with Crippen molar-refractivity contribution in [3.63, 3.8) is 0 Å². The number of phosphoric acid groups is 1. The number of imide groups is 1. The molecular weight excluding hydrogens is 677 g/mol. The molecule has 3 aromatic carbocycles. The Kier molecular flexibility index (Phi) is 11.0. The van der Waals surface area contributed by atoms with E-state index >= 15 is 0 Å². The molecule has 1 fully saturated rings. The Hall–Kier alpha value is -3.95. The largest absolute Gasteiger partial charge is 0.469 e. The van der Waals surface area contributed by atoms with E-state index in [1.807, 2.05) is 0 Å². The van der Waals surface area contributed by atoms with Crippen molar-refractivity contribution in [1.82, 2.24) is 9.21 Å². The molecule has 2 aliphatic heterocycles. The van der Waals surface area contributed by atoms with Gasteiger partial charge in [0.2, 0.25) is 10.0 Å². The fraction of sp³-hybridized carbons (Fsp3) is 0.364. The van der Waals surface area contributed by atoms with Gasteiger partial charge in [-0.15, -0.1) is 0 Å². The number of anilines is 1. The van der Waals surface area contributed by atoms with E-state index < -0.39 is 60.5 Å². The minimum atomic E-state index is -5.29. The number of carboxylic acid groups (broad SMARTS) is 1. The van der Waals surface area contributed by atoms with E-state index in [0.717, 1.165) is 14.1 Å². The summed E-state index contributed by atoms with van der Waals surface area (Å²) in [7, 11) is -9.71. The number of sulfonamides is 1. The summed E-state index contributed by atoms with van der Waals surface area (Å²) in [4.78, 5) is 60.6. The van der Waals surface area contributed by atoms with Crippen LogP contribution >= 0.6 is 7.82 Å². The SMILES string of the molecule is CC(C)CN(C[C@@H](OP(=O)(O)O)[C@H](Cc1ccccc1)N(C(=O)O)C1CCOC1)S(=O)(=O)c1ccc(N2C(=O)c3ccccc3C2=O)cc1. The second-order valence-electron chi connectivity index (χ2n) is 12.3. The van der Waals surface area contributed by atoms with E-state index in [0.29, 0.717) is 12.0 Å². The zero-order valence-electron chi connectivity index (χ0n) is 26.9. The van der Waals surface area contributed by atoms with E-state index in [-0.39, 0.29) is 53.8 Å². The third-order valence-electron chi connectivity index (χ3n) is 8.35. The first-order chi connectivity index (χ1) is 23.2. The highest BCUT2D eigenvalue weighted by molar-refractivity contribution is 7.89. The predicted molar refractivity (Wildman–Crippen MR) is 178 cm³/mol. The summed E-state index contributed by atoms with van der Waals surface area (Å²) in [6, 6.07) is 18.2. The van der Waals surface area contributed by atoms with Crippen LogP contribution in [-0.4, -0.2) is 94.9 Å². The number of amides is 3. The summed E-state index contributed by atoms with van der Waals surface area (Å²) in [6.45, 7) is 3.12. The normalized spacial score (nSPS) is 17.8. The van der Waals surface area contributed by atoms with Crippen molar-refractivity contribution in [3.05, 3.63) is 95.6 Å². The van der Waals surface area contributed by atoms with Crippen LogP contribution in [0.1, 0.15) is 46.5 Å². The van der Waals surface area contributed by atoms with Crippen LogP contribution in [0.4, 0.5) is 10.5 Å². The Balaban J connectivity index is 1.51. The van der Waals surface area contributed by atoms with E-state index in [1.165, 1.54) is 36.4 Å². The summed E-state index contributed by atoms with van der Waals surface area (Å²) >= 11 is 0. The van der Waals surface area contributed by atoms with Crippen molar-refractivity contribution in [2.24, 2.45) is 5.92 Å². The van der Waals surface area contributed by atoms with Gasteiger partial charge in [0.1, 0.15) is 6.10 Å². The van der Waals surface area contributed by atoms with Gasteiger partial charge in [0.15, 0.2) is 0 Å². The minimum Gasteiger partial charge on any atom is -0.465 e. The zero-order valence-corrected chi connectivity index (χ0v) is 28.6. The molecule has 3 atom stereocenters. The van der Waals surface area contributed by atoms with Gasteiger partial charge in [-0.3, -0.25) is 19.0 Å². The fourth-order valence-corrected chi connectivity index (χ4v) is 8.37. The monoisotopic (exact) mass is 715 g/mol. The van der Waals surface area contributed by atoms with Crippen molar-refractivity contribution in [1.29, 1.82) is 0 Å². The van der Waals surface area contributed by atoms with E-state index in [2.05, 4.69) is 0 Å². The number of nitrogens with zero attached hydrogens (tertiary/aromatic N) is 3. The lowest BCUT2D eigenvalue weighted by Crippen LogP contribution is -2.56. The molecule has 3 amide bonds. The number of hydrogen-bond donors (Lipinski definition) is 3. The fourth-order valence-electron chi connectivity index (χ4n) is 6.20. The Morgan fingerprint density at radius 3 is 2.06 bits per heavy atom. The number of fused-ring (bicyclic) bond motifs is 1. The topological polar surface area (TPSA) is 191 Å². The van der Waals surface area contributed by atoms with Gasteiger partial charge in [-0.25, -0.2) is 22.7 Å². The number of hydrogen-bond acceptors (Lipinski definition) is 8. The number of rotatable bonds is 14. The first-order valence-electron chi connectivity index (χ1n) is 15.6. The minimum absolute atomic E-state index is 0.0428. The van der Waals surface area contributed by atoms with Gasteiger partial charge >= 0.3 is 13.9 Å². The predicted octanol–water partition coefficient (Wildman–Crippen LogP) is 3.99. The van der Waals surface area contributed by atoms with E-state index in [4.69, 9.17) is 9.26 Å². The summed E-state index contributed by atoms with van der Waals surface area (Å²) in [5, 5.41) is 10.4. The maximum atomic E-state index is 14.2. The molecule has 3 aromatic rings. The molecule has 16 heteroatoms. The molecule has 2 heterocycles. The first-order valence-corrected chi connectivity index (χ1v) is 18.6. The van der Waals surface area contributed by atoms with Gasteiger partial charge < -0.3 is 19.6 Å². The molecule has 5 rings (SSSR count). The molecule has 14 nitrogen and oxygen atoms in total. The van der Waals surface area contributed by atoms with Crippen LogP contribution in [0, 0.1) is 5.92 Å². The molecule has 0 radical (unpaired) electrons. The van der Waals surface area contributed by atoms with E-state index in [1.54, 1.807) is 56.3 Å². The van der Waals surface area contributed by atoms with Crippen LogP contribution in [0.25, 0.3) is 0 Å². The van der Waals surface area contributed by atoms with Crippen LogP contribution < -0.4 is 4.90 Å². The van der Waals surface area contributed by atoms with Crippen molar-refractivity contribution < 1.29 is 51.5 Å². The maximum Gasteiger partial charge on any atom is 0.469 e. The number of carbonyl (C=O) groups excluding carboxylic acids is 2. The molecule has 2 aliphatic rings. The molecule has 1 saturated heterocycles. The summed E-state index contributed by atoms with van der Waals surface area (Å²) in [6.07, 6.45) is -2.71. The molecule has 0 saturated carbocycles. The van der Waals surface area contributed by atoms with Crippen molar-refractivity contribution in [2.75, 3.05) is 31.2 Å². The van der Waals surface area contributed by atoms with Gasteiger partial charge in [0.05, 0.1) is 40.4 Å². The summed E-state index contributed by atoms with van der Waals surface area (Å²) in [5.74, 6) is -1.36. The summed E-state index contributed by atoms with van der Waals surface area (Å²) in [5.41, 5.74) is 1.25. The van der Waals surface area contributed by atoms with Gasteiger partial charge in [0.25, 0.3) is 11.8 Å². The van der Waals surface area contributed by atoms with Gasteiger partial charge in [-0.2, -0.15) is 4.31 Å².